The van der Waals surface area contributed by atoms with Gasteiger partial charge in [-0.15, -0.1) is 6.42 Å². The molecule has 37 heavy (non-hydrogen) atoms. The maximum atomic E-state index is 13.7. The molecule has 10 heteroatoms. The van der Waals surface area contributed by atoms with Crippen LogP contribution in [0.5, 0.6) is 0 Å². The van der Waals surface area contributed by atoms with Gasteiger partial charge < -0.3 is 31.1 Å². The van der Waals surface area contributed by atoms with Crippen molar-refractivity contribution in [2.24, 2.45) is 5.41 Å². The van der Waals surface area contributed by atoms with Gasteiger partial charge in [-0.1, -0.05) is 31.9 Å². The first-order valence-electron chi connectivity index (χ1n) is 12.7. The average molecular weight is 514 g/mol. The van der Waals surface area contributed by atoms with Gasteiger partial charge in [0.2, 0.25) is 11.8 Å². The van der Waals surface area contributed by atoms with E-state index in [1.54, 1.807) is 19.2 Å². The highest BCUT2D eigenvalue weighted by Gasteiger charge is 2.44. The molecule has 1 aromatic carbocycles. The number of rotatable bonds is 10. The first-order valence-corrected chi connectivity index (χ1v) is 12.7. The summed E-state index contributed by atoms with van der Waals surface area (Å²) < 4.78 is 0. The van der Waals surface area contributed by atoms with E-state index in [2.05, 4.69) is 26.8 Å². The lowest BCUT2D eigenvalue weighted by Crippen LogP contribution is -2.58. The van der Waals surface area contributed by atoms with Gasteiger partial charge in [0.25, 0.3) is 0 Å². The number of terminal acetylenes is 1. The molecule has 0 radical (unpaired) electrons. The summed E-state index contributed by atoms with van der Waals surface area (Å²) in [6.45, 7) is 6.77. The highest BCUT2D eigenvalue weighted by Crippen LogP contribution is 2.30. The number of aliphatic hydroxyl groups excluding tert-OH is 1. The number of hydrogen-bond acceptors (Lipinski definition) is 7. The fourth-order valence-corrected chi connectivity index (χ4v) is 5.12. The number of hydrogen-bond donors (Lipinski definition) is 5. The summed E-state index contributed by atoms with van der Waals surface area (Å²) in [7, 11) is 1.72. The number of β-amino-alcohol motifs (C(OH)–C–C–N with tert-alkyl or cyclic N) is 1. The lowest BCUT2D eigenvalue weighted by molar-refractivity contribution is -0.142. The van der Waals surface area contributed by atoms with Crippen LogP contribution in [0.15, 0.2) is 24.3 Å². The van der Waals surface area contributed by atoms with E-state index in [1.165, 1.54) is 4.90 Å². The number of carboxylic acids is 1. The van der Waals surface area contributed by atoms with Crippen molar-refractivity contribution in [2.75, 3.05) is 39.8 Å². The summed E-state index contributed by atoms with van der Waals surface area (Å²) in [5.41, 5.74) is 1.16. The first-order chi connectivity index (χ1) is 17.6. The molecular weight excluding hydrogens is 474 g/mol. The Labute approximate surface area is 218 Å². The Kier molecular flexibility index (Phi) is 9.68. The minimum atomic E-state index is -0.867. The molecule has 2 heterocycles. The molecule has 4 atom stereocenters. The van der Waals surface area contributed by atoms with Crippen LogP contribution in [0, 0.1) is 17.8 Å². The van der Waals surface area contributed by atoms with Crippen molar-refractivity contribution >= 4 is 17.8 Å². The molecule has 2 aliphatic rings. The number of carboxylic acid groups (broad SMARTS) is 1. The molecular formula is C27H39N5O5. The summed E-state index contributed by atoms with van der Waals surface area (Å²) in [6.07, 6.45) is 5.45. The van der Waals surface area contributed by atoms with E-state index in [0.29, 0.717) is 32.6 Å². The third-order valence-corrected chi connectivity index (χ3v) is 7.40. The van der Waals surface area contributed by atoms with Crippen molar-refractivity contribution in [3.63, 3.8) is 0 Å². The molecule has 2 aliphatic heterocycles. The number of nitrogens with zero attached hydrogens (tertiary/aromatic N) is 2. The van der Waals surface area contributed by atoms with E-state index in [0.717, 1.165) is 17.7 Å². The Balaban J connectivity index is 1.62. The SMILES string of the molecule is C#Cc1ccc(CNC(=O)[C@@H]2C[C@@H](O)CN2C(=O)[C@@H](NC)C(C)(C)CCN2CCN[C@@H](C(=O)O)C2)cc1. The second-order valence-corrected chi connectivity index (χ2v) is 10.6. The highest BCUT2D eigenvalue weighted by atomic mass is 16.4. The number of piperazine rings is 1. The fraction of sp³-hybridized carbons (Fsp3) is 0.593. The molecule has 0 aromatic heterocycles. The van der Waals surface area contributed by atoms with Crippen LogP contribution >= 0.6 is 0 Å². The molecule has 0 unspecified atom stereocenters. The molecule has 10 nitrogen and oxygen atoms in total. The minimum absolute atomic E-state index is 0.0974. The van der Waals surface area contributed by atoms with Crippen LogP contribution in [0.4, 0.5) is 0 Å². The van der Waals surface area contributed by atoms with Crippen molar-refractivity contribution in [1.82, 2.24) is 25.8 Å². The zero-order chi connectivity index (χ0) is 27.2. The van der Waals surface area contributed by atoms with Crippen molar-refractivity contribution in [3.8, 4) is 12.3 Å². The van der Waals surface area contributed by atoms with Gasteiger partial charge in [-0.05, 0) is 43.1 Å². The second-order valence-electron chi connectivity index (χ2n) is 10.6. The second kappa shape index (κ2) is 12.5. The summed E-state index contributed by atoms with van der Waals surface area (Å²) in [5, 5.41) is 28.7. The average Bonchev–Trinajstić information content (AvgIpc) is 3.28. The molecule has 202 valence electrons. The van der Waals surface area contributed by atoms with Gasteiger partial charge in [0.1, 0.15) is 12.1 Å². The van der Waals surface area contributed by atoms with Gasteiger partial charge >= 0.3 is 5.97 Å². The fourth-order valence-electron chi connectivity index (χ4n) is 5.12. The van der Waals surface area contributed by atoms with Crippen LogP contribution in [0.2, 0.25) is 0 Å². The zero-order valence-corrected chi connectivity index (χ0v) is 21.9. The zero-order valence-electron chi connectivity index (χ0n) is 21.9. The predicted molar refractivity (Wildman–Crippen MR) is 139 cm³/mol. The Hall–Kier alpha value is -2.97. The van der Waals surface area contributed by atoms with E-state index in [1.807, 2.05) is 26.0 Å². The van der Waals surface area contributed by atoms with Crippen molar-refractivity contribution < 1.29 is 24.6 Å². The lowest BCUT2D eigenvalue weighted by Gasteiger charge is -2.39. The Morgan fingerprint density at radius 3 is 2.57 bits per heavy atom. The number of likely N-dealkylation sites (tertiary alicyclic amines) is 1. The number of amides is 2. The van der Waals surface area contributed by atoms with Crippen LogP contribution in [0.25, 0.3) is 0 Å². The number of benzene rings is 1. The van der Waals surface area contributed by atoms with Crippen LogP contribution in [-0.4, -0.2) is 102 Å². The first kappa shape index (κ1) is 28.6. The summed E-state index contributed by atoms with van der Waals surface area (Å²) in [6, 6.07) is 5.36. The third-order valence-electron chi connectivity index (χ3n) is 7.40. The molecule has 0 bridgehead atoms. The topological polar surface area (TPSA) is 134 Å². The van der Waals surface area contributed by atoms with E-state index in [-0.39, 0.29) is 24.8 Å². The number of likely N-dealkylation sites (N-methyl/N-ethyl adjacent to an activating group) is 1. The van der Waals surface area contributed by atoms with Crippen LogP contribution < -0.4 is 16.0 Å². The summed E-state index contributed by atoms with van der Waals surface area (Å²) in [5.74, 6) is 1.15. The molecule has 0 aliphatic carbocycles. The van der Waals surface area contributed by atoms with Crippen molar-refractivity contribution in [3.05, 3.63) is 35.4 Å². The quantitative estimate of drug-likeness (QED) is 0.267. The van der Waals surface area contributed by atoms with Crippen LogP contribution in [0.3, 0.4) is 0 Å². The predicted octanol–water partition coefficient (Wildman–Crippen LogP) is -0.391. The van der Waals surface area contributed by atoms with E-state index in [9.17, 15) is 24.6 Å². The van der Waals surface area contributed by atoms with Crippen molar-refractivity contribution in [1.29, 1.82) is 0 Å². The number of nitrogens with one attached hydrogen (secondary N) is 3. The lowest BCUT2D eigenvalue weighted by atomic mass is 9.80. The summed E-state index contributed by atoms with van der Waals surface area (Å²) >= 11 is 0. The van der Waals surface area contributed by atoms with E-state index >= 15 is 0 Å². The molecule has 2 amide bonds. The number of aliphatic carboxylic acids is 1. The van der Waals surface area contributed by atoms with E-state index in [4.69, 9.17) is 6.42 Å². The maximum absolute atomic E-state index is 13.7. The van der Waals surface area contributed by atoms with Crippen LogP contribution in [0.1, 0.15) is 37.8 Å². The normalized spacial score (nSPS) is 23.3. The molecule has 5 N–H and O–H groups in total. The Morgan fingerprint density at radius 2 is 1.95 bits per heavy atom. The van der Waals surface area contributed by atoms with Gasteiger partial charge in [-0.2, -0.15) is 0 Å². The molecule has 2 fully saturated rings. The third kappa shape index (κ3) is 7.29. The van der Waals surface area contributed by atoms with Gasteiger partial charge in [-0.3, -0.25) is 19.3 Å². The maximum Gasteiger partial charge on any atom is 0.322 e. The highest BCUT2D eigenvalue weighted by molar-refractivity contribution is 5.91. The molecule has 3 rings (SSSR count). The molecule has 1 aromatic rings. The smallest absolute Gasteiger partial charge is 0.322 e. The van der Waals surface area contributed by atoms with Gasteiger partial charge in [0, 0.05) is 44.7 Å². The largest absolute Gasteiger partial charge is 0.480 e. The molecule has 2 saturated heterocycles. The Morgan fingerprint density at radius 1 is 1.24 bits per heavy atom. The monoisotopic (exact) mass is 513 g/mol. The standard InChI is InChI=1S/C27H39N5O5/c1-5-18-6-8-19(9-7-18)15-30-24(34)22-14-20(33)16-32(22)25(35)23(28-4)27(2,3)10-12-31-13-11-29-21(17-31)26(36)37/h1,6-9,20-23,28-29,33H,10-17H2,2-4H3,(H,30,34)(H,36,37)/t20-,21-,22+,23-/m1/s1. The number of carbonyl (C=O) groups is 3. The number of carbonyl (C=O) groups excluding carboxylic acids is 2. The molecule has 0 saturated carbocycles. The van der Waals surface area contributed by atoms with E-state index < -0.39 is 35.6 Å². The van der Waals surface area contributed by atoms with Gasteiger partial charge in [0.05, 0.1) is 12.1 Å². The minimum Gasteiger partial charge on any atom is -0.480 e. The number of aliphatic hydroxyl groups is 1. The van der Waals surface area contributed by atoms with Gasteiger partial charge in [-0.25, -0.2) is 0 Å². The van der Waals surface area contributed by atoms with Gasteiger partial charge in [0.15, 0.2) is 0 Å². The van der Waals surface area contributed by atoms with Crippen LogP contribution in [-0.2, 0) is 20.9 Å². The summed E-state index contributed by atoms with van der Waals surface area (Å²) in [4.78, 5) is 41.7. The molecule has 0 spiro atoms. The van der Waals surface area contributed by atoms with Crippen molar-refractivity contribution in [2.45, 2.75) is 57.5 Å². The Bertz CT molecular complexity index is 1010.